The SMILES string of the molecule is COc1ccc(Cn2nc(N[C@@H]3CCN(C(=O)OC(C)(C)C)C3)c3c(Oc4ccc(C(=O)Nc5ccncn5)cc4)ccnc32)cc1. The van der Waals surface area contributed by atoms with Gasteiger partial charge in [-0.3, -0.25) is 4.79 Å². The summed E-state index contributed by atoms with van der Waals surface area (Å²) in [6.07, 6.45) is 4.99. The number of methoxy groups -OCH3 is 1. The Morgan fingerprint density at radius 3 is 2.43 bits per heavy atom. The molecule has 47 heavy (non-hydrogen) atoms. The van der Waals surface area contributed by atoms with E-state index in [1.807, 2.05) is 49.7 Å². The molecule has 0 bridgehead atoms. The number of nitrogens with one attached hydrogen (secondary N) is 2. The number of ether oxygens (including phenoxy) is 3. The predicted octanol–water partition coefficient (Wildman–Crippen LogP) is 5.74. The van der Waals surface area contributed by atoms with Gasteiger partial charge in [0, 0.05) is 43.2 Å². The van der Waals surface area contributed by atoms with Gasteiger partial charge in [-0.25, -0.2) is 24.4 Å². The molecule has 0 aliphatic carbocycles. The molecular weight excluding hydrogens is 600 g/mol. The number of hydrogen-bond donors (Lipinski definition) is 2. The summed E-state index contributed by atoms with van der Waals surface area (Å²) in [7, 11) is 1.63. The molecule has 3 aromatic heterocycles. The van der Waals surface area contributed by atoms with E-state index in [1.54, 1.807) is 60.8 Å². The van der Waals surface area contributed by atoms with Crippen LogP contribution in [0.4, 0.5) is 16.4 Å². The number of aromatic nitrogens is 5. The molecule has 0 radical (unpaired) electrons. The average Bonchev–Trinajstić information content (AvgIpc) is 3.67. The van der Waals surface area contributed by atoms with Gasteiger partial charge in [-0.15, -0.1) is 0 Å². The summed E-state index contributed by atoms with van der Waals surface area (Å²) in [5.74, 6) is 2.54. The molecule has 2 aromatic carbocycles. The van der Waals surface area contributed by atoms with Crippen LogP contribution in [-0.2, 0) is 11.3 Å². The second-order valence-electron chi connectivity index (χ2n) is 12.1. The van der Waals surface area contributed by atoms with Crippen LogP contribution in [0.15, 0.2) is 79.4 Å². The van der Waals surface area contributed by atoms with Gasteiger partial charge in [0.05, 0.1) is 13.7 Å². The minimum atomic E-state index is -0.574. The fourth-order valence-electron chi connectivity index (χ4n) is 5.19. The molecule has 13 heteroatoms. The van der Waals surface area contributed by atoms with Gasteiger partial charge in [-0.2, -0.15) is 5.10 Å². The number of fused-ring (bicyclic) bond motifs is 1. The van der Waals surface area contributed by atoms with E-state index < -0.39 is 5.60 Å². The molecule has 13 nitrogen and oxygen atoms in total. The van der Waals surface area contributed by atoms with Crippen molar-refractivity contribution in [2.45, 2.75) is 45.4 Å². The maximum absolute atomic E-state index is 12.7. The van der Waals surface area contributed by atoms with E-state index in [2.05, 4.69) is 25.6 Å². The van der Waals surface area contributed by atoms with E-state index >= 15 is 0 Å². The fraction of sp³-hybridized carbons (Fsp3) is 0.294. The summed E-state index contributed by atoms with van der Waals surface area (Å²) < 4.78 is 19.1. The van der Waals surface area contributed by atoms with Crippen molar-refractivity contribution in [1.29, 1.82) is 0 Å². The molecule has 1 aliphatic heterocycles. The van der Waals surface area contributed by atoms with E-state index in [9.17, 15) is 9.59 Å². The monoisotopic (exact) mass is 636 g/mol. The Balaban J connectivity index is 1.26. The average molecular weight is 637 g/mol. The Morgan fingerprint density at radius 2 is 1.72 bits per heavy atom. The standard InChI is InChI=1S/C34H36N8O5/c1-34(2,3)47-33(44)41-18-15-24(20-41)38-30-29-27(13-17-36-31(29)42(40-30)19-22-5-9-25(45-4)10-6-22)46-26-11-7-23(8-12-26)32(43)39-28-14-16-35-21-37-28/h5-14,16-17,21,24H,15,18-20H2,1-4H3,(H,38,40)(H,35,37,39,43)/t24-/m1/s1. The van der Waals surface area contributed by atoms with Crippen LogP contribution in [-0.4, -0.2) is 73.5 Å². The van der Waals surface area contributed by atoms with Crippen molar-refractivity contribution in [2.24, 2.45) is 0 Å². The first-order valence-corrected chi connectivity index (χ1v) is 15.2. The topological polar surface area (TPSA) is 146 Å². The van der Waals surface area contributed by atoms with Crippen LogP contribution >= 0.6 is 0 Å². The van der Waals surface area contributed by atoms with Crippen molar-refractivity contribution in [1.82, 2.24) is 29.6 Å². The number of rotatable bonds is 9. The highest BCUT2D eigenvalue weighted by molar-refractivity contribution is 6.03. The van der Waals surface area contributed by atoms with E-state index in [4.69, 9.17) is 19.3 Å². The zero-order chi connectivity index (χ0) is 33.0. The maximum atomic E-state index is 12.7. The quantitative estimate of drug-likeness (QED) is 0.205. The predicted molar refractivity (Wildman–Crippen MR) is 176 cm³/mol. The summed E-state index contributed by atoms with van der Waals surface area (Å²) in [4.78, 5) is 39.7. The first-order chi connectivity index (χ1) is 22.6. The summed E-state index contributed by atoms with van der Waals surface area (Å²) in [5.41, 5.74) is 1.52. The van der Waals surface area contributed by atoms with Gasteiger partial charge in [-0.05, 0) is 75.2 Å². The molecule has 1 fully saturated rings. The number of amides is 2. The fourth-order valence-corrected chi connectivity index (χ4v) is 5.19. The van der Waals surface area contributed by atoms with Crippen molar-refractivity contribution in [2.75, 3.05) is 30.8 Å². The summed E-state index contributed by atoms with van der Waals surface area (Å²) in [5, 5.41) is 11.9. The Labute approximate surface area is 271 Å². The number of benzene rings is 2. The van der Waals surface area contributed by atoms with Gasteiger partial charge in [0.2, 0.25) is 0 Å². The smallest absolute Gasteiger partial charge is 0.410 e. The van der Waals surface area contributed by atoms with Gasteiger partial charge in [0.15, 0.2) is 11.5 Å². The second-order valence-corrected chi connectivity index (χ2v) is 12.1. The lowest BCUT2D eigenvalue weighted by molar-refractivity contribution is 0.0293. The van der Waals surface area contributed by atoms with E-state index in [-0.39, 0.29) is 18.0 Å². The summed E-state index contributed by atoms with van der Waals surface area (Å²) >= 11 is 0. The minimum absolute atomic E-state index is 0.0595. The molecule has 1 atom stereocenters. The van der Waals surface area contributed by atoms with Crippen LogP contribution in [0, 0.1) is 0 Å². The molecule has 1 aliphatic rings. The van der Waals surface area contributed by atoms with Crippen LogP contribution in [0.25, 0.3) is 11.0 Å². The number of likely N-dealkylation sites (tertiary alicyclic amines) is 1. The number of carbonyl (C=O) groups excluding carboxylic acids is 2. The lowest BCUT2D eigenvalue weighted by Crippen LogP contribution is -2.36. The number of carbonyl (C=O) groups is 2. The molecule has 242 valence electrons. The highest BCUT2D eigenvalue weighted by Gasteiger charge is 2.31. The van der Waals surface area contributed by atoms with Crippen molar-refractivity contribution in [3.8, 4) is 17.2 Å². The molecule has 0 saturated carbocycles. The van der Waals surface area contributed by atoms with E-state index in [0.717, 1.165) is 17.7 Å². The number of pyridine rings is 1. The van der Waals surface area contributed by atoms with E-state index in [1.165, 1.54) is 6.33 Å². The largest absolute Gasteiger partial charge is 0.497 e. The van der Waals surface area contributed by atoms with Crippen LogP contribution in [0.1, 0.15) is 43.1 Å². The van der Waals surface area contributed by atoms with Gasteiger partial charge >= 0.3 is 6.09 Å². The number of nitrogens with zero attached hydrogens (tertiary/aromatic N) is 6. The van der Waals surface area contributed by atoms with Crippen LogP contribution in [0.3, 0.4) is 0 Å². The molecule has 2 amide bonds. The normalized spacial score (nSPS) is 14.6. The Morgan fingerprint density at radius 1 is 0.957 bits per heavy atom. The second kappa shape index (κ2) is 13.3. The highest BCUT2D eigenvalue weighted by Crippen LogP contribution is 2.35. The lowest BCUT2D eigenvalue weighted by Gasteiger charge is -2.24. The molecular formula is C34H36N8O5. The Bertz CT molecular complexity index is 1850. The molecule has 2 N–H and O–H groups in total. The highest BCUT2D eigenvalue weighted by atomic mass is 16.6. The summed E-state index contributed by atoms with van der Waals surface area (Å²) in [6, 6.07) is 17.9. The van der Waals surface area contributed by atoms with Gasteiger partial charge in [0.25, 0.3) is 5.91 Å². The third kappa shape index (κ3) is 7.57. The molecule has 6 rings (SSSR count). The minimum Gasteiger partial charge on any atom is -0.497 e. The first-order valence-electron chi connectivity index (χ1n) is 15.2. The summed E-state index contributed by atoms with van der Waals surface area (Å²) in [6.45, 7) is 7.07. The van der Waals surface area contributed by atoms with Crippen molar-refractivity contribution in [3.63, 3.8) is 0 Å². The van der Waals surface area contributed by atoms with Crippen LogP contribution in [0.2, 0.25) is 0 Å². The van der Waals surface area contributed by atoms with Crippen LogP contribution < -0.4 is 20.1 Å². The van der Waals surface area contributed by atoms with E-state index in [0.29, 0.717) is 59.4 Å². The zero-order valence-electron chi connectivity index (χ0n) is 26.6. The number of anilines is 2. The molecule has 0 unspecified atom stereocenters. The molecule has 1 saturated heterocycles. The third-order valence-corrected chi connectivity index (χ3v) is 7.43. The maximum Gasteiger partial charge on any atom is 0.410 e. The van der Waals surface area contributed by atoms with Gasteiger partial charge < -0.3 is 29.7 Å². The third-order valence-electron chi connectivity index (χ3n) is 7.43. The van der Waals surface area contributed by atoms with Gasteiger partial charge in [0.1, 0.15) is 40.4 Å². The number of hydrogen-bond acceptors (Lipinski definition) is 10. The van der Waals surface area contributed by atoms with Crippen molar-refractivity contribution in [3.05, 3.63) is 90.5 Å². The van der Waals surface area contributed by atoms with Crippen LogP contribution in [0.5, 0.6) is 17.2 Å². The van der Waals surface area contributed by atoms with Crippen molar-refractivity contribution < 1.29 is 23.8 Å². The Kier molecular flexibility index (Phi) is 8.87. The van der Waals surface area contributed by atoms with Gasteiger partial charge in [-0.1, -0.05) is 12.1 Å². The molecule has 5 aromatic rings. The Hall–Kier alpha value is -5.72. The molecule has 0 spiro atoms. The zero-order valence-corrected chi connectivity index (χ0v) is 26.6. The van der Waals surface area contributed by atoms with Crippen molar-refractivity contribution >= 4 is 34.7 Å². The first kappa shape index (κ1) is 31.3. The molecule has 4 heterocycles. The lowest BCUT2D eigenvalue weighted by atomic mass is 10.2.